The fraction of sp³-hybridized carbons (Fsp3) is 0.150. The molecule has 0 amide bonds. The first-order chi connectivity index (χ1) is 13.1. The number of rotatable bonds is 5. The molecule has 27 heavy (non-hydrogen) atoms. The number of oxazole rings is 1. The van der Waals surface area contributed by atoms with Crippen LogP contribution in [0.25, 0.3) is 17.1 Å². The third-order valence-corrected chi connectivity index (χ3v) is 5.23. The van der Waals surface area contributed by atoms with Gasteiger partial charge in [0.1, 0.15) is 12.1 Å². The van der Waals surface area contributed by atoms with Crippen molar-refractivity contribution in [2.45, 2.75) is 24.8 Å². The summed E-state index contributed by atoms with van der Waals surface area (Å²) in [6.07, 6.45) is 1.67. The highest BCUT2D eigenvalue weighted by molar-refractivity contribution is 7.98. The van der Waals surface area contributed by atoms with Gasteiger partial charge in [0, 0.05) is 22.0 Å². The van der Waals surface area contributed by atoms with Crippen molar-refractivity contribution in [2.75, 3.05) is 0 Å². The summed E-state index contributed by atoms with van der Waals surface area (Å²) in [7, 11) is 0. The zero-order valence-electron chi connectivity index (χ0n) is 14.9. The van der Waals surface area contributed by atoms with Crippen molar-refractivity contribution in [1.82, 2.24) is 19.7 Å². The lowest BCUT2D eigenvalue weighted by Crippen LogP contribution is -1.99. The molecule has 4 aromatic rings. The zero-order valence-corrected chi connectivity index (χ0v) is 16.5. The fourth-order valence-electron chi connectivity index (χ4n) is 2.77. The van der Waals surface area contributed by atoms with Crippen LogP contribution in [-0.4, -0.2) is 19.7 Å². The smallest absolute Gasteiger partial charge is 0.226 e. The Morgan fingerprint density at radius 3 is 2.74 bits per heavy atom. The van der Waals surface area contributed by atoms with Crippen LogP contribution < -0.4 is 0 Å². The fourth-order valence-corrected chi connectivity index (χ4v) is 3.83. The summed E-state index contributed by atoms with van der Waals surface area (Å²) in [6, 6.07) is 15.7. The number of halogens is 1. The van der Waals surface area contributed by atoms with Crippen LogP contribution in [0.2, 0.25) is 5.02 Å². The molecule has 0 N–H and O–H groups in total. The minimum atomic E-state index is 0.560. The molecular weight excluding hydrogens is 380 g/mol. The Morgan fingerprint density at radius 2 is 1.93 bits per heavy atom. The van der Waals surface area contributed by atoms with E-state index in [-0.39, 0.29) is 0 Å². The Morgan fingerprint density at radius 1 is 1.07 bits per heavy atom. The maximum atomic E-state index is 6.04. The van der Waals surface area contributed by atoms with Crippen LogP contribution >= 0.6 is 23.4 Å². The number of hydrogen-bond acceptors (Lipinski definition) is 5. The maximum Gasteiger partial charge on any atom is 0.226 e. The second kappa shape index (κ2) is 7.58. The molecule has 0 radical (unpaired) electrons. The summed E-state index contributed by atoms with van der Waals surface area (Å²) in [4.78, 5) is 4.56. The van der Waals surface area contributed by atoms with E-state index in [0.29, 0.717) is 16.7 Å². The van der Waals surface area contributed by atoms with Gasteiger partial charge in [0.15, 0.2) is 5.16 Å². The molecule has 136 valence electrons. The molecule has 0 aliphatic carbocycles. The van der Waals surface area contributed by atoms with Gasteiger partial charge in [-0.2, -0.15) is 0 Å². The first kappa shape index (κ1) is 17.8. The molecule has 2 heterocycles. The standard InChI is InChI=1S/C20H17ClN4OS/c1-13-5-3-8-18(9-13)25-14(2)23-24-20(25)27-12-17-11-26-19(22-17)15-6-4-7-16(21)10-15/h3-11H,12H2,1-2H3. The zero-order chi connectivity index (χ0) is 18.8. The predicted octanol–water partition coefficient (Wildman–Crippen LogP) is 5.48. The number of benzene rings is 2. The van der Waals surface area contributed by atoms with Crippen molar-refractivity contribution < 1.29 is 4.42 Å². The molecular formula is C20H17ClN4OS. The van der Waals surface area contributed by atoms with Crippen LogP contribution in [0.5, 0.6) is 0 Å². The monoisotopic (exact) mass is 396 g/mol. The van der Waals surface area contributed by atoms with E-state index in [0.717, 1.165) is 27.9 Å². The quantitative estimate of drug-likeness (QED) is 0.418. The van der Waals surface area contributed by atoms with Crippen molar-refractivity contribution >= 4 is 23.4 Å². The minimum Gasteiger partial charge on any atom is -0.444 e. The Balaban J connectivity index is 1.54. The Labute approximate surface area is 166 Å². The van der Waals surface area contributed by atoms with Gasteiger partial charge in [-0.25, -0.2) is 4.98 Å². The topological polar surface area (TPSA) is 56.7 Å². The van der Waals surface area contributed by atoms with Gasteiger partial charge in [-0.05, 0) is 49.7 Å². The third-order valence-electron chi connectivity index (χ3n) is 4.03. The van der Waals surface area contributed by atoms with Gasteiger partial charge >= 0.3 is 0 Å². The molecule has 7 heteroatoms. The SMILES string of the molecule is Cc1cccc(-n2c(C)nnc2SCc2coc(-c3cccc(Cl)c3)n2)c1. The average molecular weight is 397 g/mol. The van der Waals surface area contributed by atoms with E-state index in [1.54, 1.807) is 18.0 Å². The van der Waals surface area contributed by atoms with E-state index in [1.165, 1.54) is 5.56 Å². The first-order valence-electron chi connectivity index (χ1n) is 8.42. The van der Waals surface area contributed by atoms with Gasteiger partial charge < -0.3 is 4.42 Å². The summed E-state index contributed by atoms with van der Waals surface area (Å²) in [5, 5.41) is 10.0. The lowest BCUT2D eigenvalue weighted by atomic mass is 10.2. The van der Waals surface area contributed by atoms with E-state index in [4.69, 9.17) is 16.0 Å². The first-order valence-corrected chi connectivity index (χ1v) is 9.79. The summed E-state index contributed by atoms with van der Waals surface area (Å²) in [5.74, 6) is 2.04. The van der Waals surface area contributed by atoms with Crippen molar-refractivity contribution in [3.05, 3.63) is 76.9 Å². The highest BCUT2D eigenvalue weighted by Crippen LogP contribution is 2.27. The molecule has 0 saturated heterocycles. The van der Waals surface area contributed by atoms with E-state index >= 15 is 0 Å². The Bertz CT molecular complexity index is 1090. The minimum absolute atomic E-state index is 0.560. The van der Waals surface area contributed by atoms with Crippen molar-refractivity contribution in [3.63, 3.8) is 0 Å². The van der Waals surface area contributed by atoms with E-state index in [1.807, 2.05) is 37.3 Å². The lowest BCUT2D eigenvalue weighted by molar-refractivity contribution is 0.573. The van der Waals surface area contributed by atoms with Crippen molar-refractivity contribution in [1.29, 1.82) is 0 Å². The van der Waals surface area contributed by atoms with Gasteiger partial charge in [-0.1, -0.05) is 41.6 Å². The van der Waals surface area contributed by atoms with E-state index in [9.17, 15) is 0 Å². The Hall–Kier alpha value is -2.57. The van der Waals surface area contributed by atoms with Crippen molar-refractivity contribution in [3.8, 4) is 17.1 Å². The maximum absolute atomic E-state index is 6.04. The number of thioether (sulfide) groups is 1. The summed E-state index contributed by atoms with van der Waals surface area (Å²) in [6.45, 7) is 4.02. The largest absolute Gasteiger partial charge is 0.444 e. The molecule has 5 nitrogen and oxygen atoms in total. The number of aromatic nitrogens is 4. The number of aryl methyl sites for hydroxylation is 2. The van der Waals surface area contributed by atoms with Crippen molar-refractivity contribution in [2.24, 2.45) is 0 Å². The van der Waals surface area contributed by atoms with Gasteiger partial charge in [-0.3, -0.25) is 4.57 Å². The molecule has 0 aliphatic rings. The highest BCUT2D eigenvalue weighted by atomic mass is 35.5. The second-order valence-electron chi connectivity index (χ2n) is 6.15. The molecule has 0 aliphatic heterocycles. The molecule has 2 aromatic heterocycles. The van der Waals surface area contributed by atoms with Crippen LogP contribution in [0.3, 0.4) is 0 Å². The van der Waals surface area contributed by atoms with Gasteiger partial charge in [-0.15, -0.1) is 10.2 Å². The third kappa shape index (κ3) is 3.91. The van der Waals surface area contributed by atoms with Gasteiger partial charge in [0.25, 0.3) is 0 Å². The summed E-state index contributed by atoms with van der Waals surface area (Å²) in [5.41, 5.74) is 3.95. The van der Waals surface area contributed by atoms with E-state index < -0.39 is 0 Å². The number of hydrogen-bond donors (Lipinski definition) is 0. The molecule has 4 rings (SSSR count). The highest BCUT2D eigenvalue weighted by Gasteiger charge is 2.14. The number of nitrogens with zero attached hydrogens (tertiary/aromatic N) is 4. The van der Waals surface area contributed by atoms with Crippen LogP contribution in [0.1, 0.15) is 17.1 Å². The molecule has 0 spiro atoms. The average Bonchev–Trinajstić information content (AvgIpc) is 3.26. The predicted molar refractivity (Wildman–Crippen MR) is 107 cm³/mol. The van der Waals surface area contributed by atoms with Crippen LogP contribution in [0, 0.1) is 13.8 Å². The normalized spacial score (nSPS) is 11.1. The van der Waals surface area contributed by atoms with Gasteiger partial charge in [0.05, 0.1) is 5.69 Å². The molecule has 0 saturated carbocycles. The second-order valence-corrected chi connectivity index (χ2v) is 7.53. The molecule has 0 fully saturated rings. The molecule has 2 aromatic carbocycles. The molecule has 0 unspecified atom stereocenters. The summed E-state index contributed by atoms with van der Waals surface area (Å²) < 4.78 is 7.66. The van der Waals surface area contributed by atoms with Gasteiger partial charge in [0.2, 0.25) is 5.89 Å². The van der Waals surface area contributed by atoms with Crippen LogP contribution in [0.4, 0.5) is 0 Å². The van der Waals surface area contributed by atoms with E-state index in [2.05, 4.69) is 44.9 Å². The molecule has 0 atom stereocenters. The van der Waals surface area contributed by atoms with Crippen LogP contribution in [0.15, 0.2) is 64.4 Å². The summed E-state index contributed by atoms with van der Waals surface area (Å²) >= 11 is 7.61. The van der Waals surface area contributed by atoms with Crippen LogP contribution in [-0.2, 0) is 5.75 Å². The molecule has 0 bridgehead atoms. The Kier molecular flexibility index (Phi) is 5.01. The lowest BCUT2D eigenvalue weighted by Gasteiger charge is -2.08.